The molecular weight excluding hydrogens is 745 g/mol. The van der Waals surface area contributed by atoms with E-state index in [9.17, 15) is 0 Å². The van der Waals surface area contributed by atoms with Crippen molar-refractivity contribution in [3.63, 3.8) is 0 Å². The zero-order valence-electron chi connectivity index (χ0n) is 35.3. The van der Waals surface area contributed by atoms with Crippen LogP contribution in [0.25, 0.3) is 27.6 Å². The first-order valence-electron chi connectivity index (χ1n) is 22.4. The fourth-order valence-corrected chi connectivity index (χ4v) is 12.5. The third-order valence-electron chi connectivity index (χ3n) is 14.9. The molecule has 6 aromatic carbocycles. The molecule has 0 N–H and O–H groups in total. The molecule has 0 unspecified atom stereocenters. The van der Waals surface area contributed by atoms with Crippen LogP contribution in [0.3, 0.4) is 0 Å². The molecule has 0 radical (unpaired) electrons. The van der Waals surface area contributed by atoms with Crippen molar-refractivity contribution < 1.29 is 4.74 Å². The molecule has 13 rings (SSSR count). The summed E-state index contributed by atoms with van der Waals surface area (Å²) in [5.41, 5.74) is 11.3. The Hall–Kier alpha value is -6.33. The van der Waals surface area contributed by atoms with E-state index >= 15 is 0 Å². The second kappa shape index (κ2) is 13.9. The number of aromatic nitrogens is 2. The van der Waals surface area contributed by atoms with E-state index in [4.69, 9.17) is 9.72 Å². The first-order chi connectivity index (χ1) is 29.8. The number of rotatable bonds is 7. The maximum atomic E-state index is 6.80. The molecule has 0 saturated heterocycles. The molecule has 4 aliphatic carbocycles. The van der Waals surface area contributed by atoms with Crippen molar-refractivity contribution in [1.82, 2.24) is 9.55 Å². The van der Waals surface area contributed by atoms with Crippen molar-refractivity contribution in [1.29, 1.82) is 0 Å². The molecule has 4 fully saturated rings. The highest BCUT2D eigenvalue weighted by Gasteiger charge is 2.58. The molecule has 2 aromatic heterocycles. The predicted molar refractivity (Wildman–Crippen MR) is 250 cm³/mol. The van der Waals surface area contributed by atoms with E-state index < -0.39 is 0 Å². The average molecular weight is 797 g/mol. The topological polar surface area (TPSA) is 33.5 Å². The minimum absolute atomic E-state index is 0.00812. The van der Waals surface area contributed by atoms with E-state index in [0.717, 1.165) is 45.9 Å². The number of nitrogens with zero attached hydrogens (tertiary/aromatic N) is 4. The molecule has 1 aliphatic heterocycles. The molecule has 5 heteroatoms. The second-order valence-corrected chi connectivity index (χ2v) is 19.4. The van der Waals surface area contributed by atoms with Gasteiger partial charge in [-0.15, -0.1) is 0 Å². The molecule has 3 heterocycles. The quantitative estimate of drug-likeness (QED) is 0.161. The van der Waals surface area contributed by atoms with Gasteiger partial charge in [-0.3, -0.25) is 4.57 Å². The van der Waals surface area contributed by atoms with Gasteiger partial charge in [0.15, 0.2) is 0 Å². The van der Waals surface area contributed by atoms with E-state index in [1.54, 1.807) is 0 Å². The largest absolute Gasteiger partial charge is 0.457 e. The van der Waals surface area contributed by atoms with Crippen molar-refractivity contribution in [3.8, 4) is 17.3 Å². The Labute approximate surface area is 359 Å². The molecule has 61 heavy (non-hydrogen) atoms. The summed E-state index contributed by atoms with van der Waals surface area (Å²) in [5, 5.41) is 2.41. The Morgan fingerprint density at radius 1 is 0.541 bits per heavy atom. The van der Waals surface area contributed by atoms with Crippen LogP contribution < -0.4 is 14.5 Å². The number of pyridine rings is 1. The highest BCUT2D eigenvalue weighted by atomic mass is 16.5. The monoisotopic (exact) mass is 796 g/mol. The summed E-state index contributed by atoms with van der Waals surface area (Å²) in [7, 11) is 0. The predicted octanol–water partition coefficient (Wildman–Crippen LogP) is 14.3. The molecular formula is C56H52N4O. The number of para-hydroxylation sites is 3. The number of fused-ring (bicyclic) bond motifs is 4. The lowest BCUT2D eigenvalue weighted by Crippen LogP contribution is -2.56. The Morgan fingerprint density at radius 2 is 1.20 bits per heavy atom. The van der Waals surface area contributed by atoms with Gasteiger partial charge in [0.2, 0.25) is 0 Å². The van der Waals surface area contributed by atoms with Crippen molar-refractivity contribution >= 4 is 44.6 Å². The Bertz CT molecular complexity index is 2910. The van der Waals surface area contributed by atoms with Crippen molar-refractivity contribution in [2.24, 2.45) is 23.7 Å². The van der Waals surface area contributed by atoms with Gasteiger partial charge >= 0.3 is 0 Å². The van der Waals surface area contributed by atoms with Crippen LogP contribution in [0.5, 0.6) is 11.5 Å². The number of hydrogen-bond donors (Lipinski definition) is 0. The number of ether oxygens (including phenoxy) is 1. The van der Waals surface area contributed by atoms with Crippen molar-refractivity contribution in [3.05, 3.63) is 181 Å². The van der Waals surface area contributed by atoms with Crippen LogP contribution in [0.1, 0.15) is 69.6 Å². The van der Waals surface area contributed by atoms with Crippen LogP contribution in [0, 0.1) is 23.7 Å². The van der Waals surface area contributed by atoms with Gasteiger partial charge in [-0.25, -0.2) is 4.98 Å². The number of hydrogen-bond acceptors (Lipinski definition) is 4. The van der Waals surface area contributed by atoms with Crippen molar-refractivity contribution in [2.75, 3.05) is 16.5 Å². The fourth-order valence-electron chi connectivity index (χ4n) is 12.5. The lowest BCUT2D eigenvalue weighted by atomic mass is 9.42. The molecule has 5 aliphatic rings. The van der Waals surface area contributed by atoms with Crippen LogP contribution in [0.4, 0.5) is 22.7 Å². The Kier molecular flexibility index (Phi) is 8.29. The Balaban J connectivity index is 0.904. The van der Waals surface area contributed by atoms with Crippen LogP contribution in [-0.2, 0) is 10.8 Å². The standard InChI is InChI=1S/C56H52N4O/c1-55(2,3)39-20-22-44(23-21-39)58-36-59(52-19-10-9-18-51(52)58)45-14-11-15-46(34-45)61-47-24-25-49-48-16-7-8-17-50(48)60(53(49)35-47)54-33-41(26-27-57-54)56(40-12-5-4-6-13-40)42-29-37-28-38(31-42)32-43(56)30-37/h4-27,33-35,37-38,42-43H,28-32,36H2,1-3H3. The molecule has 0 spiro atoms. The zero-order chi connectivity index (χ0) is 40.9. The summed E-state index contributed by atoms with van der Waals surface area (Å²) in [6, 6.07) is 57.8. The van der Waals surface area contributed by atoms with Crippen LogP contribution in [-0.4, -0.2) is 16.2 Å². The normalized spacial score (nSPS) is 22.9. The van der Waals surface area contributed by atoms with Crippen LogP contribution >= 0.6 is 0 Å². The molecule has 302 valence electrons. The van der Waals surface area contributed by atoms with Gasteiger partial charge < -0.3 is 14.5 Å². The first-order valence-corrected chi connectivity index (χ1v) is 22.4. The lowest BCUT2D eigenvalue weighted by Gasteiger charge is -2.62. The zero-order valence-corrected chi connectivity index (χ0v) is 35.3. The molecule has 8 aromatic rings. The first kappa shape index (κ1) is 36.5. The van der Waals surface area contributed by atoms with Gasteiger partial charge in [0.1, 0.15) is 24.0 Å². The SMILES string of the molecule is CC(C)(C)c1ccc(N2CN(c3cccc(Oc4ccc5c6ccccc6n(-c6cc(C7(c8ccccc8)C8CC9CC(C8)CC7C9)ccn6)c5c4)c3)c3ccccc32)cc1. The van der Waals surface area contributed by atoms with Gasteiger partial charge in [-0.2, -0.15) is 0 Å². The van der Waals surface area contributed by atoms with Gasteiger partial charge in [-0.05, 0) is 145 Å². The summed E-state index contributed by atoms with van der Waals surface area (Å²) < 4.78 is 9.17. The summed E-state index contributed by atoms with van der Waals surface area (Å²) >= 11 is 0. The van der Waals surface area contributed by atoms with Crippen LogP contribution in [0.2, 0.25) is 0 Å². The molecule has 4 bridgehead atoms. The third-order valence-corrected chi connectivity index (χ3v) is 14.9. The third kappa shape index (κ3) is 5.84. The van der Waals surface area contributed by atoms with E-state index in [1.165, 1.54) is 76.6 Å². The number of anilines is 4. The smallest absolute Gasteiger partial charge is 0.137 e. The highest BCUT2D eigenvalue weighted by molar-refractivity contribution is 6.09. The minimum Gasteiger partial charge on any atom is -0.457 e. The van der Waals surface area contributed by atoms with Crippen molar-refractivity contribution in [2.45, 2.75) is 63.7 Å². The number of benzene rings is 6. The average Bonchev–Trinajstić information content (AvgIpc) is 3.83. The summed E-state index contributed by atoms with van der Waals surface area (Å²) in [5.74, 6) is 5.66. The van der Waals surface area contributed by atoms with E-state index in [-0.39, 0.29) is 10.8 Å². The van der Waals surface area contributed by atoms with Gasteiger partial charge in [0, 0.05) is 45.9 Å². The van der Waals surface area contributed by atoms with Gasteiger partial charge in [0.05, 0.1) is 22.4 Å². The lowest BCUT2D eigenvalue weighted by molar-refractivity contribution is -0.0418. The maximum absolute atomic E-state index is 6.80. The second-order valence-electron chi connectivity index (χ2n) is 19.4. The summed E-state index contributed by atoms with van der Waals surface area (Å²) in [6.45, 7) is 7.51. The molecule has 0 amide bonds. The summed E-state index contributed by atoms with van der Waals surface area (Å²) in [6.07, 6.45) is 8.86. The van der Waals surface area contributed by atoms with E-state index in [1.807, 2.05) is 0 Å². The minimum atomic E-state index is 0.00812. The highest BCUT2D eigenvalue weighted by Crippen LogP contribution is 2.65. The Morgan fingerprint density at radius 3 is 1.93 bits per heavy atom. The van der Waals surface area contributed by atoms with Gasteiger partial charge in [0.25, 0.3) is 0 Å². The molecule has 4 saturated carbocycles. The summed E-state index contributed by atoms with van der Waals surface area (Å²) in [4.78, 5) is 9.94. The maximum Gasteiger partial charge on any atom is 0.137 e. The molecule has 5 nitrogen and oxygen atoms in total. The fraction of sp³-hybridized carbons (Fsp3) is 0.268. The van der Waals surface area contributed by atoms with Crippen LogP contribution in [0.15, 0.2) is 164 Å². The van der Waals surface area contributed by atoms with E-state index in [2.05, 4.69) is 199 Å². The van der Waals surface area contributed by atoms with E-state index in [0.29, 0.717) is 18.5 Å². The van der Waals surface area contributed by atoms with Gasteiger partial charge in [-0.1, -0.05) is 99.6 Å². The molecule has 0 atom stereocenters.